The number of nitriles is 2. The molecule has 2 aliphatic rings. The summed E-state index contributed by atoms with van der Waals surface area (Å²) < 4.78 is 1.46. The number of hydrogen-bond acceptors (Lipinski definition) is 8. The molecule has 3 N–H and O–H groups in total. The molecule has 9 nitrogen and oxygen atoms in total. The van der Waals surface area contributed by atoms with Crippen LogP contribution in [0.5, 0.6) is 0 Å². The van der Waals surface area contributed by atoms with E-state index in [4.69, 9.17) is 11.6 Å². The number of anilines is 4. The van der Waals surface area contributed by atoms with E-state index in [9.17, 15) is 10.5 Å². The van der Waals surface area contributed by atoms with Crippen LogP contribution in [0.15, 0.2) is 18.3 Å². The Morgan fingerprint density at radius 2 is 1.75 bits per heavy atom. The Morgan fingerprint density at radius 1 is 0.969 bits per heavy atom. The van der Waals surface area contributed by atoms with Crippen LogP contribution in [0, 0.1) is 22.7 Å². The summed E-state index contributed by atoms with van der Waals surface area (Å²) in [5.41, 5.74) is 2.56. The molecule has 2 saturated carbocycles. The first-order chi connectivity index (χ1) is 15.6. The molecule has 2 aromatic heterocycles. The quantitative estimate of drug-likeness (QED) is 0.501. The van der Waals surface area contributed by atoms with Gasteiger partial charge in [0, 0.05) is 12.1 Å². The molecule has 2 fully saturated rings. The van der Waals surface area contributed by atoms with Crippen molar-refractivity contribution in [1.29, 1.82) is 10.5 Å². The largest absolute Gasteiger partial charge is 0.381 e. The Hall–Kier alpha value is -3.56. The third-order valence-electron chi connectivity index (χ3n) is 5.83. The van der Waals surface area contributed by atoms with Gasteiger partial charge in [0.1, 0.15) is 12.1 Å². The lowest BCUT2D eigenvalue weighted by Gasteiger charge is -2.24. The lowest BCUT2D eigenvalue weighted by atomic mass is 9.95. The van der Waals surface area contributed by atoms with E-state index in [1.165, 1.54) is 30.0 Å². The number of halogens is 1. The van der Waals surface area contributed by atoms with E-state index in [0.717, 1.165) is 31.4 Å². The number of nitrogens with zero attached hydrogens (tertiary/aromatic N) is 6. The number of aromatic nitrogens is 4. The van der Waals surface area contributed by atoms with Crippen LogP contribution in [0.2, 0.25) is 5.02 Å². The molecule has 0 radical (unpaired) electrons. The molecule has 0 saturated heterocycles. The Bertz CT molecular complexity index is 1240. The lowest BCUT2D eigenvalue weighted by molar-refractivity contribution is 0.462. The Morgan fingerprint density at radius 3 is 2.47 bits per heavy atom. The van der Waals surface area contributed by atoms with E-state index in [-0.39, 0.29) is 5.95 Å². The van der Waals surface area contributed by atoms with Gasteiger partial charge in [-0.05, 0) is 37.8 Å². The van der Waals surface area contributed by atoms with E-state index < -0.39 is 0 Å². The molecule has 0 unspecified atom stereocenters. The summed E-state index contributed by atoms with van der Waals surface area (Å²) in [4.78, 5) is 8.83. The van der Waals surface area contributed by atoms with Crippen molar-refractivity contribution in [3.63, 3.8) is 0 Å². The van der Waals surface area contributed by atoms with Crippen LogP contribution < -0.4 is 16.0 Å². The molecule has 2 aliphatic carbocycles. The normalized spacial score (nSPS) is 16.3. The van der Waals surface area contributed by atoms with E-state index in [2.05, 4.69) is 43.2 Å². The van der Waals surface area contributed by atoms with Crippen molar-refractivity contribution in [3.05, 3.63) is 34.6 Å². The molecule has 10 heteroatoms. The first-order valence-electron chi connectivity index (χ1n) is 10.8. The smallest absolute Gasteiger partial charge is 0.247 e. The number of hydrogen-bond donors (Lipinski definition) is 3. The van der Waals surface area contributed by atoms with Crippen molar-refractivity contribution in [2.75, 3.05) is 16.0 Å². The summed E-state index contributed by atoms with van der Waals surface area (Å²) in [5, 5.41) is 33.9. The third-order valence-corrected chi connectivity index (χ3v) is 6.15. The molecule has 0 aliphatic heterocycles. The number of imidazole rings is 1. The third kappa shape index (κ3) is 4.12. The average Bonchev–Trinajstić information content (AvgIpc) is 3.52. The summed E-state index contributed by atoms with van der Waals surface area (Å²) in [5.74, 6) is 0.813. The van der Waals surface area contributed by atoms with Crippen molar-refractivity contribution in [3.8, 4) is 12.1 Å². The van der Waals surface area contributed by atoms with Gasteiger partial charge in [-0.3, -0.25) is 0 Å². The Balaban J connectivity index is 1.46. The van der Waals surface area contributed by atoms with Crippen LogP contribution in [0.4, 0.5) is 23.1 Å². The highest BCUT2D eigenvalue weighted by atomic mass is 35.5. The minimum atomic E-state index is 0.258. The minimum Gasteiger partial charge on any atom is -0.381 e. The van der Waals surface area contributed by atoms with Crippen molar-refractivity contribution >= 4 is 40.4 Å². The average molecular weight is 448 g/mol. The van der Waals surface area contributed by atoms with E-state index >= 15 is 0 Å². The molecule has 5 rings (SSSR count). The maximum absolute atomic E-state index is 9.71. The van der Waals surface area contributed by atoms with Gasteiger partial charge in [-0.15, -0.1) is 5.10 Å². The van der Waals surface area contributed by atoms with Crippen LogP contribution in [-0.4, -0.2) is 31.7 Å². The van der Waals surface area contributed by atoms with E-state index in [1.54, 1.807) is 12.1 Å². The summed E-state index contributed by atoms with van der Waals surface area (Å²) >= 11 is 6.56. The molecular formula is C22H22ClN9. The molecule has 0 bridgehead atoms. The molecule has 0 spiro atoms. The maximum atomic E-state index is 9.71. The highest BCUT2D eigenvalue weighted by Gasteiger charge is 2.24. The molecule has 1 aromatic carbocycles. The van der Waals surface area contributed by atoms with Gasteiger partial charge in [-0.1, -0.05) is 30.9 Å². The van der Waals surface area contributed by atoms with Crippen molar-refractivity contribution < 1.29 is 0 Å². The standard InChI is InChI=1S/C22H22ClN9/c23-17-9-18(27-14-4-2-1-3-5-14)13(10-24)8-19(17)29-22-30-20(28-15-6-7-15)21-26-12-16(11-25)32(21)31-22/h8-9,12,14-15,27H,1-7H2,(H2,28,29,30,31). The van der Waals surface area contributed by atoms with Crippen molar-refractivity contribution in [2.45, 2.75) is 57.0 Å². The zero-order valence-electron chi connectivity index (χ0n) is 17.4. The molecule has 32 heavy (non-hydrogen) atoms. The molecule has 3 aromatic rings. The first kappa shape index (κ1) is 20.3. The minimum absolute atomic E-state index is 0.258. The molecular weight excluding hydrogens is 426 g/mol. The summed E-state index contributed by atoms with van der Waals surface area (Å²) in [6.45, 7) is 0. The zero-order chi connectivity index (χ0) is 22.1. The van der Waals surface area contributed by atoms with E-state index in [0.29, 0.717) is 45.5 Å². The summed E-state index contributed by atoms with van der Waals surface area (Å²) in [6.07, 6.45) is 9.46. The van der Waals surface area contributed by atoms with E-state index in [1.807, 2.05) is 0 Å². The van der Waals surface area contributed by atoms with Gasteiger partial charge in [-0.2, -0.15) is 20.0 Å². The van der Waals surface area contributed by atoms with Crippen LogP contribution in [0.1, 0.15) is 56.2 Å². The Labute approximate surface area is 190 Å². The van der Waals surface area contributed by atoms with Crippen LogP contribution in [0.3, 0.4) is 0 Å². The summed E-state index contributed by atoms with van der Waals surface area (Å²) in [7, 11) is 0. The van der Waals surface area contributed by atoms with Crippen LogP contribution in [0.25, 0.3) is 5.65 Å². The first-order valence-corrected chi connectivity index (χ1v) is 11.2. The van der Waals surface area contributed by atoms with Crippen LogP contribution >= 0.6 is 11.6 Å². The van der Waals surface area contributed by atoms with Crippen LogP contribution in [-0.2, 0) is 0 Å². The second-order valence-corrected chi connectivity index (χ2v) is 8.69. The highest BCUT2D eigenvalue weighted by Crippen LogP contribution is 2.33. The van der Waals surface area contributed by atoms with Crippen molar-refractivity contribution in [1.82, 2.24) is 19.6 Å². The number of benzene rings is 1. The van der Waals surface area contributed by atoms with Gasteiger partial charge in [0.15, 0.2) is 17.2 Å². The highest BCUT2D eigenvalue weighted by molar-refractivity contribution is 6.33. The molecule has 0 atom stereocenters. The van der Waals surface area contributed by atoms with Crippen molar-refractivity contribution in [2.24, 2.45) is 0 Å². The lowest BCUT2D eigenvalue weighted by Crippen LogP contribution is -2.22. The molecule has 2 heterocycles. The van der Waals surface area contributed by atoms with Gasteiger partial charge < -0.3 is 16.0 Å². The predicted molar refractivity (Wildman–Crippen MR) is 122 cm³/mol. The topological polar surface area (TPSA) is 127 Å². The van der Waals surface area contributed by atoms with Gasteiger partial charge in [-0.25, -0.2) is 4.98 Å². The number of fused-ring (bicyclic) bond motifs is 1. The number of rotatable bonds is 6. The zero-order valence-corrected chi connectivity index (χ0v) is 18.2. The predicted octanol–water partition coefficient (Wildman–Crippen LogP) is 4.58. The fraction of sp³-hybridized carbons (Fsp3) is 0.409. The molecule has 0 amide bonds. The maximum Gasteiger partial charge on any atom is 0.247 e. The van der Waals surface area contributed by atoms with Gasteiger partial charge in [0.2, 0.25) is 5.95 Å². The second-order valence-electron chi connectivity index (χ2n) is 8.29. The van der Waals surface area contributed by atoms with Gasteiger partial charge in [0.25, 0.3) is 0 Å². The number of nitrogens with one attached hydrogen (secondary N) is 3. The van der Waals surface area contributed by atoms with Gasteiger partial charge >= 0.3 is 0 Å². The monoisotopic (exact) mass is 447 g/mol. The second kappa shape index (κ2) is 8.52. The Kier molecular flexibility index (Phi) is 5.42. The fourth-order valence-corrected chi connectivity index (χ4v) is 4.21. The SMILES string of the molecule is N#Cc1cc(Nc2nc(NC3CC3)c3ncc(C#N)n3n2)c(Cl)cc1NC1CCCCC1. The summed E-state index contributed by atoms with van der Waals surface area (Å²) in [6, 6.07) is 8.53. The fourth-order valence-electron chi connectivity index (χ4n) is 4.00. The van der Waals surface area contributed by atoms with Gasteiger partial charge in [0.05, 0.1) is 28.2 Å². The molecule has 162 valence electrons.